The molecule has 0 spiro atoms. The summed E-state index contributed by atoms with van der Waals surface area (Å²) >= 11 is 0. The van der Waals surface area contributed by atoms with Crippen LogP contribution >= 0.6 is 0 Å². The predicted octanol–water partition coefficient (Wildman–Crippen LogP) is 4.58. The van der Waals surface area contributed by atoms with E-state index in [1.807, 2.05) is 24.3 Å². The number of aliphatic hydroxyl groups is 1. The fourth-order valence-electron chi connectivity index (χ4n) is 4.52. The number of carbonyl (C=O) groups excluding carboxylic acids is 2. The monoisotopic (exact) mass is 465 g/mol. The van der Waals surface area contributed by atoms with Gasteiger partial charge in [0, 0.05) is 6.54 Å². The van der Waals surface area contributed by atoms with E-state index in [0.29, 0.717) is 11.8 Å². The molecule has 2 unspecified atom stereocenters. The molecule has 180 valence electrons. The molecule has 4 N–H and O–H groups in total. The fraction of sp³-hybridized carbons (Fsp3) is 0.407. The quantitative estimate of drug-likeness (QED) is 0.482. The van der Waals surface area contributed by atoms with Crippen LogP contribution in [0.1, 0.15) is 80.5 Å². The summed E-state index contributed by atoms with van der Waals surface area (Å²) in [6.45, 7) is 6.20. The SMILES string of the molecule is CCC(C)c1ccc(C2(C)NC(=O)C(O)=C(C(=O)NCc3ccc(F)cc3C3CCC3)N2)cc1. The third kappa shape index (κ3) is 4.65. The van der Waals surface area contributed by atoms with Gasteiger partial charge < -0.3 is 21.1 Å². The normalized spacial score (nSPS) is 21.4. The molecule has 2 aromatic carbocycles. The summed E-state index contributed by atoms with van der Waals surface area (Å²) < 4.78 is 13.8. The van der Waals surface area contributed by atoms with Gasteiger partial charge in [-0.25, -0.2) is 4.39 Å². The maximum absolute atomic E-state index is 13.8. The summed E-state index contributed by atoms with van der Waals surface area (Å²) in [5.74, 6) is -1.57. The Kier molecular flexibility index (Phi) is 6.64. The lowest BCUT2D eigenvalue weighted by molar-refractivity contribution is -0.126. The molecule has 1 aliphatic heterocycles. The van der Waals surface area contributed by atoms with Crippen LogP contribution in [0.5, 0.6) is 0 Å². The molecule has 34 heavy (non-hydrogen) atoms. The van der Waals surface area contributed by atoms with E-state index >= 15 is 0 Å². The van der Waals surface area contributed by atoms with Crippen molar-refractivity contribution in [2.75, 3.05) is 0 Å². The number of amides is 2. The average molecular weight is 466 g/mol. The van der Waals surface area contributed by atoms with Crippen LogP contribution in [0.3, 0.4) is 0 Å². The Morgan fingerprint density at radius 1 is 1.21 bits per heavy atom. The molecule has 6 nitrogen and oxygen atoms in total. The molecular formula is C27H32FN3O3. The van der Waals surface area contributed by atoms with Gasteiger partial charge in [0.2, 0.25) is 5.76 Å². The minimum Gasteiger partial charge on any atom is -0.501 e. The van der Waals surface area contributed by atoms with E-state index < -0.39 is 23.2 Å². The summed E-state index contributed by atoms with van der Waals surface area (Å²) in [4.78, 5) is 25.6. The van der Waals surface area contributed by atoms with Gasteiger partial charge in [0.05, 0.1) is 0 Å². The predicted molar refractivity (Wildman–Crippen MR) is 128 cm³/mol. The molecule has 2 aromatic rings. The third-order valence-electron chi connectivity index (χ3n) is 7.18. The molecule has 0 saturated heterocycles. The maximum atomic E-state index is 13.8. The van der Waals surface area contributed by atoms with Crippen molar-refractivity contribution in [1.82, 2.24) is 16.0 Å². The minimum absolute atomic E-state index is 0.172. The Morgan fingerprint density at radius 3 is 2.53 bits per heavy atom. The van der Waals surface area contributed by atoms with E-state index in [2.05, 4.69) is 29.8 Å². The zero-order valence-electron chi connectivity index (χ0n) is 19.9. The van der Waals surface area contributed by atoms with Crippen LogP contribution in [0.25, 0.3) is 0 Å². The number of hydrogen-bond acceptors (Lipinski definition) is 4. The van der Waals surface area contributed by atoms with E-state index in [0.717, 1.165) is 42.4 Å². The van der Waals surface area contributed by atoms with Gasteiger partial charge in [0.15, 0.2) is 5.70 Å². The first-order valence-electron chi connectivity index (χ1n) is 11.9. The number of aliphatic hydroxyl groups excluding tert-OH is 1. The molecule has 2 atom stereocenters. The molecular weight excluding hydrogens is 433 g/mol. The van der Waals surface area contributed by atoms with Crippen LogP contribution in [-0.4, -0.2) is 16.9 Å². The van der Waals surface area contributed by atoms with E-state index in [1.165, 1.54) is 17.7 Å². The molecule has 1 aliphatic carbocycles. The highest BCUT2D eigenvalue weighted by Crippen LogP contribution is 2.38. The lowest BCUT2D eigenvalue weighted by Gasteiger charge is -2.37. The van der Waals surface area contributed by atoms with Crippen LogP contribution in [0, 0.1) is 5.82 Å². The first-order chi connectivity index (χ1) is 16.2. The first kappa shape index (κ1) is 23.8. The number of halogens is 1. The highest BCUT2D eigenvalue weighted by molar-refractivity contribution is 6.04. The van der Waals surface area contributed by atoms with Gasteiger partial charge in [-0.3, -0.25) is 9.59 Å². The van der Waals surface area contributed by atoms with Crippen LogP contribution in [0.15, 0.2) is 53.9 Å². The van der Waals surface area contributed by atoms with Gasteiger partial charge in [-0.15, -0.1) is 0 Å². The summed E-state index contributed by atoms with van der Waals surface area (Å²) in [7, 11) is 0. The second kappa shape index (κ2) is 9.49. The van der Waals surface area contributed by atoms with E-state index in [4.69, 9.17) is 0 Å². The lowest BCUT2D eigenvalue weighted by Crippen LogP contribution is -2.59. The van der Waals surface area contributed by atoms with Crippen molar-refractivity contribution in [3.8, 4) is 0 Å². The van der Waals surface area contributed by atoms with Crippen molar-refractivity contribution in [1.29, 1.82) is 0 Å². The second-order valence-electron chi connectivity index (χ2n) is 9.51. The van der Waals surface area contributed by atoms with Crippen molar-refractivity contribution < 1.29 is 19.1 Å². The average Bonchev–Trinajstić information content (AvgIpc) is 2.79. The highest BCUT2D eigenvalue weighted by atomic mass is 19.1. The van der Waals surface area contributed by atoms with Crippen LogP contribution in [-0.2, 0) is 21.8 Å². The molecule has 4 rings (SSSR count). The Bertz CT molecular complexity index is 1120. The molecule has 0 aromatic heterocycles. The molecule has 0 bridgehead atoms. The lowest BCUT2D eigenvalue weighted by atomic mass is 9.78. The molecule has 1 saturated carbocycles. The zero-order valence-corrected chi connectivity index (χ0v) is 19.9. The van der Waals surface area contributed by atoms with Gasteiger partial charge >= 0.3 is 0 Å². The molecule has 0 radical (unpaired) electrons. The molecule has 7 heteroatoms. The van der Waals surface area contributed by atoms with Gasteiger partial charge in [-0.1, -0.05) is 50.6 Å². The number of nitrogens with one attached hydrogen (secondary N) is 3. The summed E-state index contributed by atoms with van der Waals surface area (Å²) in [6, 6.07) is 12.4. The Morgan fingerprint density at radius 2 is 1.91 bits per heavy atom. The smallest absolute Gasteiger partial charge is 0.290 e. The van der Waals surface area contributed by atoms with E-state index in [-0.39, 0.29) is 18.1 Å². The number of hydrogen-bond donors (Lipinski definition) is 4. The minimum atomic E-state index is -1.07. The van der Waals surface area contributed by atoms with E-state index in [1.54, 1.807) is 13.0 Å². The van der Waals surface area contributed by atoms with Gasteiger partial charge in [0.1, 0.15) is 11.5 Å². The van der Waals surface area contributed by atoms with Crippen molar-refractivity contribution in [2.24, 2.45) is 0 Å². The maximum Gasteiger partial charge on any atom is 0.290 e. The summed E-state index contributed by atoms with van der Waals surface area (Å²) in [6.07, 6.45) is 4.14. The zero-order chi connectivity index (χ0) is 24.5. The number of benzene rings is 2. The van der Waals surface area contributed by atoms with Gasteiger partial charge in [-0.2, -0.15) is 0 Å². The largest absolute Gasteiger partial charge is 0.501 e. The number of rotatable bonds is 7. The molecule has 2 aliphatic rings. The standard InChI is InChI=1S/C27H32FN3O3/c1-4-16(2)17-8-11-20(12-9-17)27(3)30-23(24(32)26(34)31-27)25(33)29-15-19-10-13-21(28)14-22(19)18-6-5-7-18/h8-14,16,18,30,32H,4-7,15H2,1-3H3,(H,29,33)(H,31,34). The highest BCUT2D eigenvalue weighted by Gasteiger charge is 2.39. The molecule has 1 fully saturated rings. The fourth-order valence-corrected chi connectivity index (χ4v) is 4.52. The topological polar surface area (TPSA) is 90.5 Å². The van der Waals surface area contributed by atoms with Crippen LogP contribution < -0.4 is 16.0 Å². The van der Waals surface area contributed by atoms with Gasteiger partial charge in [-0.05, 0) is 72.4 Å². The summed E-state index contributed by atoms with van der Waals surface area (Å²) in [5.41, 5.74) is 2.43. The molecule has 2 amide bonds. The van der Waals surface area contributed by atoms with Crippen molar-refractivity contribution >= 4 is 11.8 Å². The van der Waals surface area contributed by atoms with Crippen LogP contribution in [0.2, 0.25) is 0 Å². The first-order valence-corrected chi connectivity index (χ1v) is 11.9. The Hall–Kier alpha value is -3.35. The van der Waals surface area contributed by atoms with Crippen molar-refractivity contribution in [3.63, 3.8) is 0 Å². The second-order valence-corrected chi connectivity index (χ2v) is 9.51. The van der Waals surface area contributed by atoms with Crippen LogP contribution in [0.4, 0.5) is 4.39 Å². The number of carbonyl (C=O) groups is 2. The summed E-state index contributed by atoms with van der Waals surface area (Å²) in [5, 5.41) is 18.9. The van der Waals surface area contributed by atoms with E-state index in [9.17, 15) is 19.1 Å². The Labute approximate surface area is 199 Å². The van der Waals surface area contributed by atoms with Crippen molar-refractivity contribution in [3.05, 3.63) is 82.0 Å². The Balaban J connectivity index is 1.51. The van der Waals surface area contributed by atoms with Crippen molar-refractivity contribution in [2.45, 2.75) is 70.5 Å². The molecule has 1 heterocycles. The third-order valence-corrected chi connectivity index (χ3v) is 7.18. The van der Waals surface area contributed by atoms with Gasteiger partial charge in [0.25, 0.3) is 11.8 Å².